The van der Waals surface area contributed by atoms with Crippen molar-refractivity contribution in [2.45, 2.75) is 12.2 Å². The van der Waals surface area contributed by atoms with Gasteiger partial charge in [-0.3, -0.25) is 0 Å². The zero-order chi connectivity index (χ0) is 15.1. The molecule has 2 aromatic rings. The number of rotatable bonds is 2. The molecule has 2 rings (SSSR count). The Morgan fingerprint density at radius 1 is 1.40 bits per heavy atom. The Balaban J connectivity index is 2.67. The molecule has 1 atom stereocenters. The minimum absolute atomic E-state index is 0.0110. The smallest absolute Gasteiger partial charge is 0.417 e. The molecule has 2 N–H and O–H groups in total. The van der Waals surface area contributed by atoms with Gasteiger partial charge < -0.3 is 15.0 Å². The van der Waals surface area contributed by atoms with Gasteiger partial charge in [-0.2, -0.15) is 13.2 Å². The zero-order valence-corrected chi connectivity index (χ0v) is 10.9. The fraction of sp³-hybridized carbons (Fsp3) is 0.308. The Morgan fingerprint density at radius 3 is 2.60 bits per heavy atom. The second-order valence-electron chi connectivity index (χ2n) is 4.37. The molecule has 0 aliphatic heterocycles. The first-order valence-corrected chi connectivity index (χ1v) is 5.76. The van der Waals surface area contributed by atoms with Crippen molar-refractivity contribution >= 4 is 16.9 Å². The lowest BCUT2D eigenvalue weighted by molar-refractivity contribution is -0.142. The third-order valence-corrected chi connectivity index (χ3v) is 3.20. The summed E-state index contributed by atoms with van der Waals surface area (Å²) < 4.78 is 44.8. The van der Waals surface area contributed by atoms with Crippen LogP contribution in [0.3, 0.4) is 0 Å². The fourth-order valence-electron chi connectivity index (χ4n) is 2.17. The van der Waals surface area contributed by atoms with Crippen molar-refractivity contribution in [3.8, 4) is 0 Å². The number of aromatic nitrogens is 1. The number of nitrogens with zero attached hydrogens (tertiary/aromatic N) is 1. The van der Waals surface area contributed by atoms with Crippen LogP contribution >= 0.6 is 0 Å². The normalized spacial score (nSPS) is 13.5. The van der Waals surface area contributed by atoms with Crippen molar-refractivity contribution in [2.24, 2.45) is 12.8 Å². The van der Waals surface area contributed by atoms with Crippen molar-refractivity contribution in [1.29, 1.82) is 0 Å². The van der Waals surface area contributed by atoms with E-state index in [0.717, 1.165) is 6.07 Å². The van der Waals surface area contributed by atoms with Gasteiger partial charge in [-0.1, -0.05) is 6.07 Å². The minimum Gasteiger partial charge on any atom is -0.468 e. The van der Waals surface area contributed by atoms with Gasteiger partial charge in [-0.25, -0.2) is 4.79 Å². The molecule has 0 aliphatic carbocycles. The molecule has 20 heavy (non-hydrogen) atoms. The number of esters is 1. The lowest BCUT2D eigenvalue weighted by atomic mass is 10.1. The lowest BCUT2D eigenvalue weighted by Crippen LogP contribution is -2.24. The van der Waals surface area contributed by atoms with Crippen LogP contribution in [0.1, 0.15) is 17.3 Å². The summed E-state index contributed by atoms with van der Waals surface area (Å²) in [4.78, 5) is 11.4. The summed E-state index contributed by atoms with van der Waals surface area (Å²) in [5.41, 5.74) is 5.56. The van der Waals surface area contributed by atoms with E-state index in [9.17, 15) is 18.0 Å². The van der Waals surface area contributed by atoms with Crippen LogP contribution < -0.4 is 5.73 Å². The summed E-state index contributed by atoms with van der Waals surface area (Å²) in [5, 5.41) is 0.0110. The highest BCUT2D eigenvalue weighted by Gasteiger charge is 2.34. The molecule has 0 saturated heterocycles. The molecule has 1 heterocycles. The molecule has 0 fully saturated rings. The van der Waals surface area contributed by atoms with E-state index in [1.807, 2.05) is 0 Å². The molecular formula is C13H13F3N2O2. The number of methoxy groups -OCH3 is 1. The van der Waals surface area contributed by atoms with E-state index in [-0.39, 0.29) is 11.1 Å². The third kappa shape index (κ3) is 2.24. The molecule has 0 saturated carbocycles. The molecule has 1 aromatic carbocycles. The van der Waals surface area contributed by atoms with Gasteiger partial charge in [0.05, 0.1) is 12.7 Å². The largest absolute Gasteiger partial charge is 0.468 e. The molecule has 0 radical (unpaired) electrons. The highest BCUT2D eigenvalue weighted by molar-refractivity contribution is 5.87. The second-order valence-corrected chi connectivity index (χ2v) is 4.37. The van der Waals surface area contributed by atoms with Gasteiger partial charge in [0.15, 0.2) is 0 Å². The molecule has 0 bridgehead atoms. The molecule has 7 heteroatoms. The SMILES string of the molecule is COC(=O)C(N)c1cc2c(C(F)(F)F)cccc2n1C. The van der Waals surface area contributed by atoms with Crippen LogP contribution in [0.5, 0.6) is 0 Å². The Bertz CT molecular complexity index is 661. The van der Waals surface area contributed by atoms with Gasteiger partial charge in [0, 0.05) is 23.6 Å². The van der Waals surface area contributed by atoms with Crippen LogP contribution in [0.25, 0.3) is 10.9 Å². The summed E-state index contributed by atoms with van der Waals surface area (Å²) in [5.74, 6) is -0.704. The van der Waals surface area contributed by atoms with Crippen LogP contribution in [0, 0.1) is 0 Å². The van der Waals surface area contributed by atoms with Crippen molar-refractivity contribution in [3.05, 3.63) is 35.5 Å². The monoisotopic (exact) mass is 286 g/mol. The maximum atomic E-state index is 13.0. The standard InChI is InChI=1S/C13H13F3N2O2/c1-18-9-5-3-4-8(13(14,15)16)7(9)6-10(18)11(17)12(19)20-2/h3-6,11H,17H2,1-2H3. The molecule has 4 nitrogen and oxygen atoms in total. The Morgan fingerprint density at radius 2 is 2.05 bits per heavy atom. The van der Waals surface area contributed by atoms with Gasteiger partial charge in [0.2, 0.25) is 0 Å². The average Bonchev–Trinajstić information content (AvgIpc) is 2.73. The van der Waals surface area contributed by atoms with Crippen molar-refractivity contribution < 1.29 is 22.7 Å². The van der Waals surface area contributed by atoms with Crippen LogP contribution in [-0.2, 0) is 22.8 Å². The lowest BCUT2D eigenvalue weighted by Gasteiger charge is -2.10. The molecular weight excluding hydrogens is 273 g/mol. The fourth-order valence-corrected chi connectivity index (χ4v) is 2.17. The molecule has 0 spiro atoms. The minimum atomic E-state index is -4.46. The molecule has 0 amide bonds. The number of hydrogen-bond donors (Lipinski definition) is 1. The Labute approximate surface area is 112 Å². The van der Waals surface area contributed by atoms with Crippen LogP contribution in [0.4, 0.5) is 13.2 Å². The van der Waals surface area contributed by atoms with Crippen LogP contribution in [0.15, 0.2) is 24.3 Å². The molecule has 0 aliphatic rings. The summed E-state index contributed by atoms with van der Waals surface area (Å²) in [6, 6.07) is 4.00. The first kappa shape index (κ1) is 14.4. The Kier molecular flexibility index (Phi) is 3.47. The van der Waals surface area contributed by atoms with Crippen molar-refractivity contribution in [2.75, 3.05) is 7.11 Å². The summed E-state index contributed by atoms with van der Waals surface area (Å²) in [7, 11) is 2.73. The van der Waals surface area contributed by atoms with E-state index in [1.165, 1.54) is 29.9 Å². The first-order valence-electron chi connectivity index (χ1n) is 5.76. The van der Waals surface area contributed by atoms with E-state index in [2.05, 4.69) is 4.74 Å². The number of hydrogen-bond acceptors (Lipinski definition) is 3. The number of nitrogens with two attached hydrogens (primary N) is 1. The molecule has 1 aromatic heterocycles. The summed E-state index contributed by atoms with van der Waals surface area (Å²) in [6.07, 6.45) is -4.46. The van der Waals surface area contributed by atoms with Gasteiger partial charge in [-0.15, -0.1) is 0 Å². The number of carbonyl (C=O) groups excluding carboxylic acids is 1. The first-order chi connectivity index (χ1) is 9.27. The van der Waals surface area contributed by atoms with E-state index in [1.54, 1.807) is 7.05 Å². The van der Waals surface area contributed by atoms with Gasteiger partial charge in [0.25, 0.3) is 0 Å². The number of aryl methyl sites for hydroxylation is 1. The maximum absolute atomic E-state index is 13.0. The van der Waals surface area contributed by atoms with Crippen LogP contribution in [-0.4, -0.2) is 17.6 Å². The van der Waals surface area contributed by atoms with Gasteiger partial charge >= 0.3 is 12.1 Å². The number of carbonyl (C=O) groups is 1. The quantitative estimate of drug-likeness (QED) is 0.862. The predicted octanol–water partition coefficient (Wildman–Crippen LogP) is 2.37. The predicted molar refractivity (Wildman–Crippen MR) is 66.9 cm³/mol. The number of ether oxygens (including phenoxy) is 1. The van der Waals surface area contributed by atoms with E-state index < -0.39 is 23.8 Å². The zero-order valence-electron chi connectivity index (χ0n) is 10.9. The second kappa shape index (κ2) is 4.82. The number of benzene rings is 1. The van der Waals surface area contributed by atoms with Gasteiger partial charge in [0.1, 0.15) is 6.04 Å². The van der Waals surface area contributed by atoms with E-state index in [0.29, 0.717) is 5.52 Å². The average molecular weight is 286 g/mol. The summed E-state index contributed by atoms with van der Waals surface area (Å²) >= 11 is 0. The number of halogens is 3. The van der Waals surface area contributed by atoms with Crippen molar-refractivity contribution in [3.63, 3.8) is 0 Å². The third-order valence-electron chi connectivity index (χ3n) is 3.20. The van der Waals surface area contributed by atoms with E-state index >= 15 is 0 Å². The molecule has 108 valence electrons. The van der Waals surface area contributed by atoms with E-state index in [4.69, 9.17) is 5.73 Å². The Hall–Kier alpha value is -2.02. The highest BCUT2D eigenvalue weighted by atomic mass is 19.4. The van der Waals surface area contributed by atoms with Crippen molar-refractivity contribution in [1.82, 2.24) is 4.57 Å². The van der Waals surface area contributed by atoms with Crippen LogP contribution in [0.2, 0.25) is 0 Å². The topological polar surface area (TPSA) is 57.2 Å². The summed E-state index contributed by atoms with van der Waals surface area (Å²) in [6.45, 7) is 0. The number of fused-ring (bicyclic) bond motifs is 1. The number of alkyl halides is 3. The highest BCUT2D eigenvalue weighted by Crippen LogP contribution is 2.36. The molecule has 1 unspecified atom stereocenters. The van der Waals surface area contributed by atoms with Gasteiger partial charge in [-0.05, 0) is 18.2 Å². The maximum Gasteiger partial charge on any atom is 0.417 e.